The first-order valence-corrected chi connectivity index (χ1v) is 6.97. The molecule has 1 heterocycles. The van der Waals surface area contributed by atoms with E-state index in [0.717, 1.165) is 12.2 Å². The molecule has 17 heavy (non-hydrogen) atoms. The Balaban J connectivity index is 2.36. The maximum absolute atomic E-state index is 5.71. The molecule has 1 aromatic rings. The van der Waals surface area contributed by atoms with Crippen LogP contribution in [0.25, 0.3) is 0 Å². The fraction of sp³-hybridized carbons (Fsp3) is 0.643. The van der Waals surface area contributed by atoms with E-state index in [1.165, 1.54) is 25.7 Å². The Kier molecular flexibility index (Phi) is 7.02. The van der Waals surface area contributed by atoms with E-state index in [-0.39, 0.29) is 0 Å². The predicted octanol–water partition coefficient (Wildman–Crippen LogP) is 4.42. The molecule has 0 N–H and O–H groups in total. The van der Waals surface area contributed by atoms with Crippen molar-refractivity contribution in [3.05, 3.63) is 23.9 Å². The van der Waals surface area contributed by atoms with Crippen molar-refractivity contribution in [3.8, 4) is 5.88 Å². The van der Waals surface area contributed by atoms with Crippen molar-refractivity contribution in [3.63, 3.8) is 0 Å². The summed E-state index contributed by atoms with van der Waals surface area (Å²) in [4.78, 5) is 4.23. The van der Waals surface area contributed by atoms with E-state index in [1.807, 2.05) is 12.1 Å². The van der Waals surface area contributed by atoms with Crippen LogP contribution in [0.2, 0.25) is 0 Å². The topological polar surface area (TPSA) is 22.1 Å². The van der Waals surface area contributed by atoms with Crippen LogP contribution in [-0.2, 0) is 5.88 Å². The zero-order valence-corrected chi connectivity index (χ0v) is 11.5. The number of hydrogen-bond acceptors (Lipinski definition) is 2. The van der Waals surface area contributed by atoms with Gasteiger partial charge in [-0.2, -0.15) is 0 Å². The van der Waals surface area contributed by atoms with Gasteiger partial charge in [-0.15, -0.1) is 11.6 Å². The Labute approximate surface area is 109 Å². The zero-order chi connectivity index (χ0) is 12.5. The second kappa shape index (κ2) is 8.35. The molecule has 1 unspecified atom stereocenters. The van der Waals surface area contributed by atoms with Crippen LogP contribution in [-0.4, -0.2) is 11.6 Å². The molecule has 0 radical (unpaired) electrons. The van der Waals surface area contributed by atoms with E-state index in [9.17, 15) is 0 Å². The van der Waals surface area contributed by atoms with Crippen molar-refractivity contribution in [2.75, 3.05) is 6.61 Å². The molecule has 2 nitrogen and oxygen atoms in total. The molecule has 0 saturated heterocycles. The van der Waals surface area contributed by atoms with Crippen LogP contribution in [0.3, 0.4) is 0 Å². The van der Waals surface area contributed by atoms with Gasteiger partial charge < -0.3 is 4.74 Å². The van der Waals surface area contributed by atoms with Crippen molar-refractivity contribution in [2.24, 2.45) is 5.92 Å². The van der Waals surface area contributed by atoms with E-state index < -0.39 is 0 Å². The van der Waals surface area contributed by atoms with E-state index in [0.29, 0.717) is 17.7 Å². The van der Waals surface area contributed by atoms with Gasteiger partial charge in [-0.05, 0) is 17.9 Å². The molecule has 0 aromatic carbocycles. The Morgan fingerprint density at radius 3 is 2.71 bits per heavy atom. The summed E-state index contributed by atoms with van der Waals surface area (Å²) in [5.74, 6) is 1.85. The van der Waals surface area contributed by atoms with Gasteiger partial charge >= 0.3 is 0 Å². The number of aromatic nitrogens is 1. The average Bonchev–Trinajstić information content (AvgIpc) is 2.39. The summed E-state index contributed by atoms with van der Waals surface area (Å²) in [6, 6.07) is 3.85. The van der Waals surface area contributed by atoms with Crippen LogP contribution in [0, 0.1) is 5.92 Å². The first-order chi connectivity index (χ1) is 8.30. The number of pyridine rings is 1. The second-order valence-corrected chi connectivity index (χ2v) is 4.63. The van der Waals surface area contributed by atoms with Gasteiger partial charge in [-0.25, -0.2) is 4.98 Å². The first kappa shape index (κ1) is 14.3. The standard InChI is InChI=1S/C14H22ClNO/c1-3-5-6-12(4-2)11-17-14-8-7-13(9-15)10-16-14/h7-8,10,12H,3-6,9,11H2,1-2H3. The van der Waals surface area contributed by atoms with Gasteiger partial charge in [0.15, 0.2) is 0 Å². The smallest absolute Gasteiger partial charge is 0.213 e. The van der Waals surface area contributed by atoms with Crippen molar-refractivity contribution in [2.45, 2.75) is 45.4 Å². The molecule has 0 spiro atoms. The Hall–Kier alpha value is -0.760. The average molecular weight is 256 g/mol. The summed E-state index contributed by atoms with van der Waals surface area (Å²) in [5, 5.41) is 0. The highest BCUT2D eigenvalue weighted by molar-refractivity contribution is 6.17. The van der Waals surface area contributed by atoms with Crippen LogP contribution in [0.15, 0.2) is 18.3 Å². The van der Waals surface area contributed by atoms with Crippen molar-refractivity contribution < 1.29 is 4.74 Å². The third-order valence-electron chi connectivity index (χ3n) is 2.96. The molecule has 0 aliphatic rings. The van der Waals surface area contributed by atoms with E-state index in [2.05, 4.69) is 18.8 Å². The molecule has 96 valence electrons. The predicted molar refractivity (Wildman–Crippen MR) is 72.6 cm³/mol. The number of hydrogen-bond donors (Lipinski definition) is 0. The zero-order valence-electron chi connectivity index (χ0n) is 10.8. The van der Waals surface area contributed by atoms with Crippen molar-refractivity contribution in [1.29, 1.82) is 0 Å². The van der Waals surface area contributed by atoms with E-state index in [4.69, 9.17) is 16.3 Å². The molecule has 0 fully saturated rings. The lowest BCUT2D eigenvalue weighted by atomic mass is 10.0. The summed E-state index contributed by atoms with van der Waals surface area (Å²) >= 11 is 5.71. The SMILES string of the molecule is CCCCC(CC)COc1ccc(CCl)cn1. The molecule has 0 aliphatic heterocycles. The Morgan fingerprint density at radius 1 is 1.35 bits per heavy atom. The lowest BCUT2D eigenvalue weighted by molar-refractivity contribution is 0.226. The quantitative estimate of drug-likeness (QED) is 0.642. The summed E-state index contributed by atoms with van der Waals surface area (Å²) in [6.45, 7) is 5.21. The van der Waals surface area contributed by atoms with Gasteiger partial charge in [-0.3, -0.25) is 0 Å². The Bertz CT molecular complexity index is 300. The first-order valence-electron chi connectivity index (χ1n) is 6.43. The highest BCUT2D eigenvalue weighted by atomic mass is 35.5. The maximum Gasteiger partial charge on any atom is 0.213 e. The second-order valence-electron chi connectivity index (χ2n) is 4.37. The summed E-state index contributed by atoms with van der Waals surface area (Å²) < 4.78 is 5.70. The van der Waals surface area contributed by atoms with Gasteiger partial charge in [0, 0.05) is 18.1 Å². The molecule has 0 saturated carbocycles. The number of halogens is 1. The highest BCUT2D eigenvalue weighted by Gasteiger charge is 2.07. The van der Waals surface area contributed by atoms with Crippen LogP contribution in [0.1, 0.15) is 45.1 Å². The molecular formula is C14H22ClNO. The van der Waals surface area contributed by atoms with Gasteiger partial charge in [0.2, 0.25) is 5.88 Å². The number of alkyl halides is 1. The minimum absolute atomic E-state index is 0.501. The van der Waals surface area contributed by atoms with Gasteiger partial charge in [-0.1, -0.05) is 39.2 Å². The maximum atomic E-state index is 5.71. The number of ether oxygens (including phenoxy) is 1. The molecular weight excluding hydrogens is 234 g/mol. The van der Waals surface area contributed by atoms with Gasteiger partial charge in [0.25, 0.3) is 0 Å². The van der Waals surface area contributed by atoms with Gasteiger partial charge in [0.05, 0.1) is 6.61 Å². The summed E-state index contributed by atoms with van der Waals surface area (Å²) in [5.41, 5.74) is 1.03. The fourth-order valence-electron chi connectivity index (χ4n) is 1.68. The van der Waals surface area contributed by atoms with Crippen LogP contribution in [0.5, 0.6) is 5.88 Å². The lowest BCUT2D eigenvalue weighted by Crippen LogP contribution is -2.11. The highest BCUT2D eigenvalue weighted by Crippen LogP contribution is 2.15. The van der Waals surface area contributed by atoms with Crippen LogP contribution >= 0.6 is 11.6 Å². The minimum atomic E-state index is 0.501. The van der Waals surface area contributed by atoms with Gasteiger partial charge in [0.1, 0.15) is 0 Å². The van der Waals surface area contributed by atoms with Crippen molar-refractivity contribution in [1.82, 2.24) is 4.98 Å². The number of rotatable bonds is 8. The van der Waals surface area contributed by atoms with E-state index >= 15 is 0 Å². The minimum Gasteiger partial charge on any atom is -0.477 e. The van der Waals surface area contributed by atoms with Crippen LogP contribution < -0.4 is 4.74 Å². The molecule has 0 bridgehead atoms. The molecule has 0 aliphatic carbocycles. The third-order valence-corrected chi connectivity index (χ3v) is 3.27. The number of unbranched alkanes of at least 4 members (excludes halogenated alkanes) is 1. The summed E-state index contributed by atoms with van der Waals surface area (Å²) in [6.07, 6.45) is 6.71. The number of nitrogens with zero attached hydrogens (tertiary/aromatic N) is 1. The molecule has 0 amide bonds. The van der Waals surface area contributed by atoms with Crippen molar-refractivity contribution >= 4 is 11.6 Å². The molecule has 3 heteroatoms. The summed E-state index contributed by atoms with van der Waals surface area (Å²) in [7, 11) is 0. The Morgan fingerprint density at radius 2 is 2.18 bits per heavy atom. The molecule has 1 atom stereocenters. The largest absolute Gasteiger partial charge is 0.477 e. The van der Waals surface area contributed by atoms with E-state index in [1.54, 1.807) is 6.20 Å². The molecule has 1 aromatic heterocycles. The molecule has 1 rings (SSSR count). The normalized spacial score (nSPS) is 12.4. The lowest BCUT2D eigenvalue weighted by Gasteiger charge is -2.14. The monoisotopic (exact) mass is 255 g/mol. The van der Waals surface area contributed by atoms with Crippen LogP contribution in [0.4, 0.5) is 0 Å². The fourth-order valence-corrected chi connectivity index (χ4v) is 1.83. The third kappa shape index (κ3) is 5.40.